The van der Waals surface area contributed by atoms with E-state index in [0.717, 1.165) is 58.0 Å². The lowest BCUT2D eigenvalue weighted by atomic mass is 10.9. The quantitative estimate of drug-likeness (QED) is 0.0396. The maximum absolute atomic E-state index is 11.6. The van der Waals surface area contributed by atoms with Crippen molar-refractivity contribution in [3.8, 4) is 0 Å². The molecular weight excluding hydrogens is 637 g/mol. The van der Waals surface area contributed by atoms with E-state index in [-0.39, 0.29) is 24.2 Å². The van der Waals surface area contributed by atoms with Crippen LogP contribution >= 0.6 is 82.3 Å². The van der Waals surface area contributed by atoms with E-state index in [9.17, 15) is 13.8 Å². The van der Waals surface area contributed by atoms with Crippen LogP contribution in [0.3, 0.4) is 0 Å². The Morgan fingerprint density at radius 1 is 0.784 bits per heavy atom. The minimum Gasteiger partial charge on any atom is -0.438 e. The third-order valence-electron chi connectivity index (χ3n) is 3.41. The maximum Gasteiger partial charge on any atom is 0.408 e. The summed E-state index contributed by atoms with van der Waals surface area (Å²) in [6.07, 6.45) is -0.406. The van der Waals surface area contributed by atoms with Gasteiger partial charge in [0.25, 0.3) is 5.24 Å². The SMILES string of the molecule is O=C(NCSCCSC/N=C\S(=O)CCO)OCSCCSCNCSCCSCNC(=O)SCCO. The molecule has 0 saturated heterocycles. The van der Waals surface area contributed by atoms with Gasteiger partial charge in [0, 0.05) is 52.0 Å². The van der Waals surface area contributed by atoms with Gasteiger partial charge in [-0.15, -0.1) is 70.6 Å². The van der Waals surface area contributed by atoms with E-state index in [1.807, 2.05) is 23.5 Å². The van der Waals surface area contributed by atoms with Gasteiger partial charge < -0.3 is 25.6 Å². The first-order valence-electron chi connectivity index (χ1n) is 11.2. The van der Waals surface area contributed by atoms with Gasteiger partial charge >= 0.3 is 6.09 Å². The van der Waals surface area contributed by atoms with Gasteiger partial charge in [0.15, 0.2) is 0 Å². The van der Waals surface area contributed by atoms with Crippen molar-refractivity contribution in [2.24, 2.45) is 4.99 Å². The summed E-state index contributed by atoms with van der Waals surface area (Å²) in [4.78, 5) is 27.0. The van der Waals surface area contributed by atoms with E-state index in [1.54, 1.807) is 47.0 Å². The molecule has 0 aliphatic carbocycles. The molecule has 218 valence electrons. The summed E-state index contributed by atoms with van der Waals surface area (Å²) in [5.41, 5.74) is 1.38. The van der Waals surface area contributed by atoms with Crippen molar-refractivity contribution >= 4 is 110 Å². The topological polar surface area (TPSA) is 149 Å². The number of hydrogen-bond donors (Lipinski definition) is 5. The van der Waals surface area contributed by atoms with Crippen LogP contribution in [0.4, 0.5) is 9.59 Å². The summed E-state index contributed by atoms with van der Waals surface area (Å²) in [5, 5.41) is 26.1. The molecule has 18 heteroatoms. The number of carbonyl (C=O) groups excluding carboxylic acids is 2. The lowest BCUT2D eigenvalue weighted by molar-refractivity contribution is 0.168. The van der Waals surface area contributed by atoms with E-state index < -0.39 is 16.9 Å². The zero-order valence-electron chi connectivity index (χ0n) is 20.6. The maximum atomic E-state index is 11.6. The zero-order chi connectivity index (χ0) is 27.2. The van der Waals surface area contributed by atoms with Gasteiger partial charge in [0.1, 0.15) is 5.94 Å². The highest BCUT2D eigenvalue weighted by atomic mass is 32.2. The highest BCUT2D eigenvalue weighted by Crippen LogP contribution is 2.09. The molecule has 1 atom stereocenters. The minimum absolute atomic E-state index is 0.0137. The first-order valence-corrected chi connectivity index (χ1v) is 20.5. The standard InChI is InChI=1S/C19H38N4O6S8/c24-1-3-36-19(27)23-15-34-7-4-30-11-20-12-31-8-9-35-17-29-18(26)22-14-33-6-5-32-13-21-16-37(28)10-2-25/h16,20,24-25H,1-15,17H2,(H,22,26)(H,23,27)/b21-16-. The van der Waals surface area contributed by atoms with Gasteiger partial charge in [-0.05, 0) is 0 Å². The number of rotatable bonds is 26. The molecule has 2 amide bonds. The van der Waals surface area contributed by atoms with Crippen molar-refractivity contribution in [1.29, 1.82) is 0 Å². The largest absolute Gasteiger partial charge is 0.438 e. The Hall–Kier alpha value is 0.890. The predicted octanol–water partition coefficient (Wildman–Crippen LogP) is 2.65. The normalized spacial score (nSPS) is 12.1. The number of hydrogen-bond acceptors (Lipinski definition) is 15. The second-order valence-corrected chi connectivity index (χ2v) is 15.3. The third-order valence-corrected chi connectivity index (χ3v) is 11.0. The number of aliphatic imine (C=N–C) groups is 1. The molecule has 0 aliphatic rings. The molecule has 0 heterocycles. The molecule has 5 N–H and O–H groups in total. The summed E-state index contributed by atoms with van der Waals surface area (Å²) in [7, 11) is -1.19. The molecule has 37 heavy (non-hydrogen) atoms. The molecule has 0 fully saturated rings. The Morgan fingerprint density at radius 2 is 1.38 bits per heavy atom. The Balaban J connectivity index is 3.25. The molecule has 1 unspecified atom stereocenters. The molecule has 0 rings (SSSR count). The van der Waals surface area contributed by atoms with Crippen LogP contribution in [-0.4, -0.2) is 126 Å². The molecular formula is C19H38N4O6S8. The number of ether oxygens (including phenoxy) is 1. The minimum atomic E-state index is -1.19. The molecule has 0 radical (unpaired) electrons. The number of carbonyl (C=O) groups is 2. The van der Waals surface area contributed by atoms with Gasteiger partial charge in [-0.1, -0.05) is 11.8 Å². The first kappa shape index (κ1) is 37.9. The predicted molar refractivity (Wildman–Crippen MR) is 173 cm³/mol. The van der Waals surface area contributed by atoms with Gasteiger partial charge in [-0.25, -0.2) is 4.79 Å². The summed E-state index contributed by atoms with van der Waals surface area (Å²) in [6.45, 7) is -0.0894. The van der Waals surface area contributed by atoms with Crippen molar-refractivity contribution in [2.75, 3.05) is 94.6 Å². The molecule has 0 spiro atoms. The van der Waals surface area contributed by atoms with E-state index >= 15 is 0 Å². The number of alkyl carbamates (subject to hydrolysis) is 1. The molecule has 0 aliphatic heterocycles. The number of thioether (sulfide) groups is 7. The molecule has 0 saturated carbocycles. The number of aliphatic hydroxyl groups is 2. The van der Waals surface area contributed by atoms with Crippen LogP contribution < -0.4 is 16.0 Å². The van der Waals surface area contributed by atoms with Crippen LogP contribution in [0.25, 0.3) is 0 Å². The summed E-state index contributed by atoms with van der Waals surface area (Å²) in [6, 6.07) is 0. The fourth-order valence-corrected chi connectivity index (χ4v) is 8.08. The Labute approximate surface area is 252 Å². The summed E-state index contributed by atoms with van der Waals surface area (Å²) in [5.74, 6) is 10.00. The molecule has 0 aromatic rings. The Bertz CT molecular complexity index is 613. The highest BCUT2D eigenvalue weighted by Gasteiger charge is 2.02. The third kappa shape index (κ3) is 31.3. The smallest absolute Gasteiger partial charge is 0.408 e. The zero-order valence-corrected chi connectivity index (χ0v) is 27.2. The van der Waals surface area contributed by atoms with Crippen molar-refractivity contribution < 1.29 is 28.7 Å². The fourth-order valence-electron chi connectivity index (χ4n) is 1.82. The van der Waals surface area contributed by atoms with Crippen molar-refractivity contribution in [2.45, 2.75) is 0 Å². The molecule has 0 aromatic heterocycles. The lowest BCUT2D eigenvalue weighted by Crippen LogP contribution is -2.24. The Morgan fingerprint density at radius 3 is 2.03 bits per heavy atom. The molecule has 0 aromatic carbocycles. The van der Waals surface area contributed by atoms with Gasteiger partial charge in [-0.2, -0.15) is 0 Å². The van der Waals surface area contributed by atoms with E-state index in [1.165, 1.54) is 5.55 Å². The van der Waals surface area contributed by atoms with Gasteiger partial charge in [-0.3, -0.25) is 19.3 Å². The van der Waals surface area contributed by atoms with Crippen molar-refractivity contribution in [3.05, 3.63) is 0 Å². The fraction of sp³-hybridized carbons (Fsp3) is 0.842. The first-order chi connectivity index (χ1) is 18.1. The molecule has 10 nitrogen and oxygen atoms in total. The Kier molecular flexibility index (Phi) is 32.2. The van der Waals surface area contributed by atoms with E-state index in [4.69, 9.17) is 14.9 Å². The van der Waals surface area contributed by atoms with Crippen LogP contribution in [0.5, 0.6) is 0 Å². The van der Waals surface area contributed by atoms with Crippen LogP contribution in [0, 0.1) is 0 Å². The molecule has 0 bridgehead atoms. The van der Waals surface area contributed by atoms with E-state index in [0.29, 0.717) is 29.3 Å². The second kappa shape index (κ2) is 31.4. The summed E-state index contributed by atoms with van der Waals surface area (Å²) < 4.78 is 16.4. The van der Waals surface area contributed by atoms with Crippen molar-refractivity contribution in [3.63, 3.8) is 0 Å². The van der Waals surface area contributed by atoms with Crippen LogP contribution in [0.2, 0.25) is 0 Å². The van der Waals surface area contributed by atoms with Gasteiger partial charge in [0.2, 0.25) is 0 Å². The monoisotopic (exact) mass is 674 g/mol. The highest BCUT2D eigenvalue weighted by molar-refractivity contribution is 8.13. The van der Waals surface area contributed by atoms with E-state index in [2.05, 4.69) is 20.9 Å². The van der Waals surface area contributed by atoms with Gasteiger partial charge in [0.05, 0.1) is 52.9 Å². The second-order valence-electron chi connectivity index (χ2n) is 6.27. The van der Waals surface area contributed by atoms with Crippen LogP contribution in [-0.2, 0) is 15.5 Å². The number of nitrogens with zero attached hydrogens (tertiary/aromatic N) is 1. The van der Waals surface area contributed by atoms with Crippen molar-refractivity contribution in [1.82, 2.24) is 16.0 Å². The van der Waals surface area contributed by atoms with Crippen LogP contribution in [0.1, 0.15) is 0 Å². The van der Waals surface area contributed by atoms with Crippen LogP contribution in [0.15, 0.2) is 4.99 Å². The number of amides is 2. The lowest BCUT2D eigenvalue weighted by Gasteiger charge is -2.07. The average Bonchev–Trinajstić information content (AvgIpc) is 2.88. The summed E-state index contributed by atoms with van der Waals surface area (Å²) >= 11 is 11.2. The average molecular weight is 675 g/mol. The number of nitrogens with one attached hydrogen (secondary N) is 3. The number of aliphatic hydroxyl groups excluding tert-OH is 2.